The van der Waals surface area contributed by atoms with Gasteiger partial charge in [-0.1, -0.05) is 18.2 Å². The highest BCUT2D eigenvalue weighted by molar-refractivity contribution is 5.88. The summed E-state index contributed by atoms with van der Waals surface area (Å²) >= 11 is 0. The van der Waals surface area contributed by atoms with Gasteiger partial charge in [-0.3, -0.25) is 9.48 Å². The lowest BCUT2D eigenvalue weighted by Crippen LogP contribution is -2.41. The molecular formula is C20H17F4N3O2. The lowest BCUT2D eigenvalue weighted by Gasteiger charge is -2.21. The second-order valence-electron chi connectivity index (χ2n) is 6.99. The highest BCUT2D eigenvalue weighted by Crippen LogP contribution is 2.45. The largest absolute Gasteiger partial charge is 0.507 e. The summed E-state index contributed by atoms with van der Waals surface area (Å²) in [5, 5.41) is 14.2. The Morgan fingerprint density at radius 3 is 2.38 bits per heavy atom. The second kappa shape index (κ2) is 6.91. The van der Waals surface area contributed by atoms with Gasteiger partial charge in [-0.15, -0.1) is 0 Å². The zero-order valence-electron chi connectivity index (χ0n) is 15.5. The number of aromatic nitrogens is 2. The standard InChI is InChI=1S/C20H17F4N3O2/c1-19(2,18(25)29)27-10-11(9-26-27)14-7-12(21)8-15(20(22,23)24)17(14)13-5-3-4-6-16(13)28/h3-10,28H,1-2H3,(H2,25,29). The average molecular weight is 407 g/mol. The number of hydrogen-bond acceptors (Lipinski definition) is 3. The van der Waals surface area contributed by atoms with Crippen molar-refractivity contribution in [1.29, 1.82) is 0 Å². The number of aromatic hydroxyl groups is 1. The summed E-state index contributed by atoms with van der Waals surface area (Å²) in [6, 6.07) is 6.77. The van der Waals surface area contributed by atoms with Gasteiger partial charge in [0.1, 0.15) is 17.1 Å². The van der Waals surface area contributed by atoms with Gasteiger partial charge in [0.15, 0.2) is 0 Å². The third-order valence-corrected chi connectivity index (χ3v) is 4.65. The molecule has 0 aliphatic carbocycles. The number of benzene rings is 2. The maximum absolute atomic E-state index is 14.1. The van der Waals surface area contributed by atoms with Crippen molar-refractivity contribution in [2.75, 3.05) is 0 Å². The number of carbonyl (C=O) groups is 1. The van der Waals surface area contributed by atoms with Crippen molar-refractivity contribution < 1.29 is 27.5 Å². The van der Waals surface area contributed by atoms with E-state index in [9.17, 15) is 27.5 Å². The summed E-state index contributed by atoms with van der Waals surface area (Å²) in [6.45, 7) is 2.98. The SMILES string of the molecule is CC(C)(C(N)=O)n1cc(-c2cc(F)cc(C(F)(F)F)c2-c2ccccc2O)cn1. The van der Waals surface area contributed by atoms with Gasteiger partial charge in [-0.25, -0.2) is 4.39 Å². The van der Waals surface area contributed by atoms with E-state index in [1.807, 2.05) is 0 Å². The summed E-state index contributed by atoms with van der Waals surface area (Å²) in [4.78, 5) is 11.7. The van der Waals surface area contributed by atoms with Crippen molar-refractivity contribution in [3.05, 3.63) is 60.2 Å². The van der Waals surface area contributed by atoms with Gasteiger partial charge in [-0.05, 0) is 37.6 Å². The van der Waals surface area contributed by atoms with Crippen LogP contribution in [0.2, 0.25) is 0 Å². The maximum Gasteiger partial charge on any atom is 0.417 e. The summed E-state index contributed by atoms with van der Waals surface area (Å²) in [5.74, 6) is -2.20. The molecule has 2 aromatic carbocycles. The molecule has 0 spiro atoms. The Labute approximate surface area is 163 Å². The van der Waals surface area contributed by atoms with Crippen LogP contribution < -0.4 is 5.73 Å². The molecular weight excluding hydrogens is 390 g/mol. The zero-order valence-corrected chi connectivity index (χ0v) is 15.5. The van der Waals surface area contributed by atoms with Crippen LogP contribution in [0.3, 0.4) is 0 Å². The predicted molar refractivity (Wildman–Crippen MR) is 98.2 cm³/mol. The summed E-state index contributed by atoms with van der Waals surface area (Å²) in [5.41, 5.74) is 2.34. The van der Waals surface area contributed by atoms with Gasteiger partial charge >= 0.3 is 6.18 Å². The van der Waals surface area contributed by atoms with Crippen molar-refractivity contribution >= 4 is 5.91 Å². The van der Waals surface area contributed by atoms with E-state index in [0.717, 1.165) is 6.07 Å². The molecule has 1 amide bonds. The van der Waals surface area contributed by atoms with Gasteiger partial charge in [0.25, 0.3) is 0 Å². The van der Waals surface area contributed by atoms with Crippen LogP contribution in [0.4, 0.5) is 17.6 Å². The molecule has 0 fully saturated rings. The molecule has 1 aromatic heterocycles. The Kier molecular flexibility index (Phi) is 4.86. The van der Waals surface area contributed by atoms with E-state index in [-0.39, 0.29) is 16.7 Å². The number of phenols is 1. The summed E-state index contributed by atoms with van der Waals surface area (Å²) < 4.78 is 56.5. The number of amides is 1. The molecule has 0 saturated carbocycles. The lowest BCUT2D eigenvalue weighted by molar-refractivity contribution is -0.137. The van der Waals surface area contributed by atoms with E-state index >= 15 is 0 Å². The molecule has 152 valence electrons. The van der Waals surface area contributed by atoms with Crippen LogP contribution in [0.5, 0.6) is 5.75 Å². The normalized spacial score (nSPS) is 12.2. The fraction of sp³-hybridized carbons (Fsp3) is 0.200. The number of alkyl halides is 3. The number of para-hydroxylation sites is 1. The van der Waals surface area contributed by atoms with Crippen LogP contribution in [-0.2, 0) is 16.5 Å². The van der Waals surface area contributed by atoms with Crippen LogP contribution in [0.25, 0.3) is 22.3 Å². The third-order valence-electron chi connectivity index (χ3n) is 4.65. The first-order chi connectivity index (χ1) is 13.4. The van der Waals surface area contributed by atoms with Crippen LogP contribution in [-0.4, -0.2) is 20.8 Å². The number of nitrogens with zero attached hydrogens (tertiary/aromatic N) is 2. The number of hydrogen-bond donors (Lipinski definition) is 2. The zero-order chi connectivity index (χ0) is 21.6. The number of nitrogens with two attached hydrogens (primary N) is 1. The fourth-order valence-electron chi connectivity index (χ4n) is 2.91. The highest BCUT2D eigenvalue weighted by Gasteiger charge is 2.37. The minimum Gasteiger partial charge on any atom is -0.507 e. The molecule has 3 rings (SSSR count). The Bertz CT molecular complexity index is 1090. The first kappa shape index (κ1) is 20.4. The molecule has 29 heavy (non-hydrogen) atoms. The number of rotatable bonds is 4. The molecule has 0 radical (unpaired) electrons. The van der Waals surface area contributed by atoms with E-state index in [4.69, 9.17) is 5.73 Å². The van der Waals surface area contributed by atoms with Crippen LogP contribution >= 0.6 is 0 Å². The summed E-state index contributed by atoms with van der Waals surface area (Å²) in [7, 11) is 0. The molecule has 0 bridgehead atoms. The molecule has 0 aliphatic rings. The first-order valence-corrected chi connectivity index (χ1v) is 8.47. The second-order valence-corrected chi connectivity index (χ2v) is 6.99. The Morgan fingerprint density at radius 1 is 1.14 bits per heavy atom. The molecule has 9 heteroatoms. The highest BCUT2D eigenvalue weighted by atomic mass is 19.4. The molecule has 1 heterocycles. The van der Waals surface area contributed by atoms with E-state index in [1.165, 1.54) is 55.2 Å². The fourth-order valence-corrected chi connectivity index (χ4v) is 2.91. The maximum atomic E-state index is 14.1. The molecule has 0 aliphatic heterocycles. The lowest BCUT2D eigenvalue weighted by atomic mass is 9.90. The van der Waals surface area contributed by atoms with E-state index in [2.05, 4.69) is 5.10 Å². The number of halogens is 4. The quantitative estimate of drug-likeness (QED) is 0.633. The van der Waals surface area contributed by atoms with Crippen molar-refractivity contribution in [3.8, 4) is 28.0 Å². The number of phenolic OH excluding ortho intramolecular Hbond substituents is 1. The van der Waals surface area contributed by atoms with Gasteiger partial charge in [0.05, 0.1) is 11.8 Å². The van der Waals surface area contributed by atoms with Crippen molar-refractivity contribution in [2.24, 2.45) is 5.73 Å². The minimum atomic E-state index is -4.88. The van der Waals surface area contributed by atoms with Crippen LogP contribution in [0, 0.1) is 5.82 Å². The molecule has 5 nitrogen and oxygen atoms in total. The molecule has 3 N–H and O–H groups in total. The van der Waals surface area contributed by atoms with E-state index in [1.54, 1.807) is 0 Å². The predicted octanol–water partition coefficient (Wildman–Crippen LogP) is 4.30. The first-order valence-electron chi connectivity index (χ1n) is 8.47. The van der Waals surface area contributed by atoms with Crippen LogP contribution in [0.1, 0.15) is 19.4 Å². The van der Waals surface area contributed by atoms with Gasteiger partial charge in [0, 0.05) is 22.9 Å². The molecule has 3 aromatic rings. The van der Waals surface area contributed by atoms with Crippen molar-refractivity contribution in [1.82, 2.24) is 9.78 Å². The molecule has 0 atom stereocenters. The van der Waals surface area contributed by atoms with Crippen molar-refractivity contribution in [3.63, 3.8) is 0 Å². The summed E-state index contributed by atoms with van der Waals surface area (Å²) in [6.07, 6.45) is -2.36. The molecule has 0 saturated heterocycles. The van der Waals surface area contributed by atoms with Gasteiger partial charge in [0.2, 0.25) is 5.91 Å². The smallest absolute Gasteiger partial charge is 0.417 e. The Morgan fingerprint density at radius 2 is 1.79 bits per heavy atom. The third kappa shape index (κ3) is 3.67. The molecule has 0 unspecified atom stereocenters. The number of carbonyl (C=O) groups excluding carboxylic acids is 1. The average Bonchev–Trinajstić information content (AvgIpc) is 3.11. The van der Waals surface area contributed by atoms with Gasteiger partial charge in [-0.2, -0.15) is 18.3 Å². The minimum absolute atomic E-state index is 0.114. The monoisotopic (exact) mass is 407 g/mol. The van der Waals surface area contributed by atoms with Crippen molar-refractivity contribution in [2.45, 2.75) is 25.6 Å². The Hall–Kier alpha value is -3.36. The number of primary amides is 1. The Balaban J connectivity index is 2.33. The van der Waals surface area contributed by atoms with Crippen LogP contribution in [0.15, 0.2) is 48.8 Å². The van der Waals surface area contributed by atoms with E-state index in [0.29, 0.717) is 6.07 Å². The topological polar surface area (TPSA) is 81.1 Å². The van der Waals surface area contributed by atoms with Gasteiger partial charge < -0.3 is 10.8 Å². The van der Waals surface area contributed by atoms with E-state index < -0.39 is 40.3 Å².